The predicted molar refractivity (Wildman–Crippen MR) is 99.2 cm³/mol. The Hall–Kier alpha value is -2.29. The summed E-state index contributed by atoms with van der Waals surface area (Å²) in [5.74, 6) is -1.05. The van der Waals surface area contributed by atoms with Crippen molar-refractivity contribution in [3.05, 3.63) is 63.5 Å². The number of anilines is 1. The van der Waals surface area contributed by atoms with E-state index < -0.39 is 0 Å². The van der Waals surface area contributed by atoms with Gasteiger partial charge in [-0.2, -0.15) is 5.10 Å². The number of hydrogen-bond acceptors (Lipinski definition) is 3. The van der Waals surface area contributed by atoms with E-state index in [1.54, 1.807) is 6.21 Å². The monoisotopic (exact) mass is 439 g/mol. The molecule has 2 N–H and O–H groups in total. The van der Waals surface area contributed by atoms with Crippen molar-refractivity contribution in [2.24, 2.45) is 5.10 Å². The molecule has 0 bridgehead atoms. The maximum Gasteiger partial charge on any atom is 0.240 e. The summed E-state index contributed by atoms with van der Waals surface area (Å²) in [6.45, 7) is 0. The molecule has 124 valence electrons. The molecule has 2 aromatic carbocycles. The molecule has 0 fully saturated rings. The normalized spacial score (nSPS) is 10.6. The first kappa shape index (κ1) is 18.1. The summed E-state index contributed by atoms with van der Waals surface area (Å²) in [4.78, 5) is 23.4. The van der Waals surface area contributed by atoms with Crippen molar-refractivity contribution in [1.82, 2.24) is 5.43 Å². The van der Waals surface area contributed by atoms with Gasteiger partial charge in [0.2, 0.25) is 11.8 Å². The van der Waals surface area contributed by atoms with Gasteiger partial charge in [0.15, 0.2) is 0 Å². The highest BCUT2D eigenvalue weighted by molar-refractivity contribution is 14.1. The summed E-state index contributed by atoms with van der Waals surface area (Å²) >= 11 is 2.17. The minimum absolute atomic E-state index is 0.0102. The summed E-state index contributed by atoms with van der Waals surface area (Å²) in [7, 11) is 0. The molecule has 0 saturated carbocycles. The van der Waals surface area contributed by atoms with Crippen LogP contribution in [0.2, 0.25) is 0 Å². The number of hydrazone groups is 1. The van der Waals surface area contributed by atoms with Gasteiger partial charge in [0.05, 0.1) is 6.21 Å². The molecule has 0 aliphatic heterocycles. The van der Waals surface area contributed by atoms with Crippen molar-refractivity contribution >= 4 is 46.3 Å². The first-order chi connectivity index (χ1) is 11.5. The lowest BCUT2D eigenvalue weighted by Gasteiger charge is -2.04. The lowest BCUT2D eigenvalue weighted by atomic mass is 10.2. The van der Waals surface area contributed by atoms with Crippen LogP contribution < -0.4 is 10.7 Å². The second-order valence-corrected chi connectivity index (χ2v) is 6.03. The number of carbonyl (C=O) groups excluding carboxylic acids is 2. The average molecular weight is 439 g/mol. The Morgan fingerprint density at radius 3 is 2.42 bits per heavy atom. The van der Waals surface area contributed by atoms with Gasteiger partial charge >= 0.3 is 0 Å². The van der Waals surface area contributed by atoms with Gasteiger partial charge in [0.1, 0.15) is 5.82 Å². The van der Waals surface area contributed by atoms with Crippen LogP contribution in [0.4, 0.5) is 10.1 Å². The van der Waals surface area contributed by atoms with E-state index in [1.807, 2.05) is 24.3 Å². The van der Waals surface area contributed by atoms with E-state index >= 15 is 0 Å². The van der Waals surface area contributed by atoms with Crippen LogP contribution in [0, 0.1) is 9.39 Å². The molecule has 0 spiro atoms. The molecule has 7 heteroatoms. The van der Waals surface area contributed by atoms with Crippen LogP contribution in [-0.4, -0.2) is 18.0 Å². The maximum atomic E-state index is 12.8. The summed E-state index contributed by atoms with van der Waals surface area (Å²) in [6, 6.07) is 13.0. The Bertz CT molecular complexity index is 748. The third-order valence-corrected chi connectivity index (χ3v) is 3.99. The standard InChI is InChI=1S/C17H15FIN3O2/c18-13-5-7-14(8-6-13)21-16(23)9-10-17(24)22-20-11-12-3-1-2-4-15(12)19/h1-8,11H,9-10H2,(H,21,23)(H,22,24)/b20-11-. The number of benzene rings is 2. The number of hydrogen-bond donors (Lipinski definition) is 2. The highest BCUT2D eigenvalue weighted by Gasteiger charge is 2.07. The van der Waals surface area contributed by atoms with Gasteiger partial charge < -0.3 is 5.32 Å². The highest BCUT2D eigenvalue weighted by Crippen LogP contribution is 2.09. The molecule has 0 radical (unpaired) electrons. The van der Waals surface area contributed by atoms with E-state index in [1.165, 1.54) is 24.3 Å². The SMILES string of the molecule is O=C(CCC(=O)Nc1ccc(F)cc1)N/N=C\c1ccccc1I. The van der Waals surface area contributed by atoms with E-state index in [0.29, 0.717) is 5.69 Å². The molecular weight excluding hydrogens is 424 g/mol. The van der Waals surface area contributed by atoms with Crippen LogP contribution in [-0.2, 0) is 9.59 Å². The van der Waals surface area contributed by atoms with Crippen LogP contribution >= 0.6 is 22.6 Å². The van der Waals surface area contributed by atoms with Gasteiger partial charge in [-0.25, -0.2) is 9.82 Å². The number of rotatable bonds is 6. The van der Waals surface area contributed by atoms with E-state index in [-0.39, 0.29) is 30.5 Å². The van der Waals surface area contributed by atoms with Crippen molar-refractivity contribution in [1.29, 1.82) is 0 Å². The molecule has 0 saturated heterocycles. The molecule has 0 aliphatic carbocycles. The number of amides is 2. The Balaban J connectivity index is 1.73. The largest absolute Gasteiger partial charge is 0.326 e. The molecule has 0 aliphatic rings. The Labute approximate surface area is 152 Å². The molecule has 24 heavy (non-hydrogen) atoms. The van der Waals surface area contributed by atoms with E-state index in [2.05, 4.69) is 38.4 Å². The predicted octanol–water partition coefficient (Wildman–Crippen LogP) is 3.30. The molecule has 0 aromatic heterocycles. The van der Waals surface area contributed by atoms with Crippen LogP contribution in [0.5, 0.6) is 0 Å². The fraction of sp³-hybridized carbons (Fsp3) is 0.118. The smallest absolute Gasteiger partial charge is 0.240 e. The maximum absolute atomic E-state index is 12.8. The van der Waals surface area contributed by atoms with E-state index in [0.717, 1.165) is 9.13 Å². The quantitative estimate of drug-likeness (QED) is 0.412. The molecule has 0 atom stereocenters. The minimum atomic E-state index is -0.377. The van der Waals surface area contributed by atoms with Crippen molar-refractivity contribution < 1.29 is 14.0 Å². The van der Waals surface area contributed by atoms with Crippen LogP contribution in [0.25, 0.3) is 0 Å². The molecule has 5 nitrogen and oxygen atoms in total. The molecular formula is C17H15FIN3O2. The topological polar surface area (TPSA) is 70.6 Å². The fourth-order valence-corrected chi connectivity index (χ4v) is 2.32. The molecule has 2 amide bonds. The number of nitrogens with zero attached hydrogens (tertiary/aromatic N) is 1. The van der Waals surface area contributed by atoms with Gasteiger partial charge in [-0.15, -0.1) is 0 Å². The van der Waals surface area contributed by atoms with E-state index in [9.17, 15) is 14.0 Å². The Kier molecular flexibility index (Phi) is 6.86. The first-order valence-corrected chi connectivity index (χ1v) is 8.24. The highest BCUT2D eigenvalue weighted by atomic mass is 127. The van der Waals surface area contributed by atoms with Crippen molar-refractivity contribution in [2.75, 3.05) is 5.32 Å². The fourth-order valence-electron chi connectivity index (χ4n) is 1.79. The number of nitrogens with one attached hydrogen (secondary N) is 2. The average Bonchev–Trinajstić information content (AvgIpc) is 2.57. The first-order valence-electron chi connectivity index (χ1n) is 7.16. The van der Waals surface area contributed by atoms with Gasteiger partial charge in [0.25, 0.3) is 0 Å². The lowest BCUT2D eigenvalue weighted by molar-refractivity contribution is -0.124. The summed E-state index contributed by atoms with van der Waals surface area (Å²) in [6.07, 6.45) is 1.58. The van der Waals surface area contributed by atoms with E-state index in [4.69, 9.17) is 0 Å². The zero-order valence-corrected chi connectivity index (χ0v) is 14.8. The molecule has 0 unspecified atom stereocenters. The van der Waals surface area contributed by atoms with Gasteiger partial charge in [-0.3, -0.25) is 9.59 Å². The third-order valence-electron chi connectivity index (χ3n) is 3.01. The van der Waals surface area contributed by atoms with Crippen molar-refractivity contribution in [3.8, 4) is 0 Å². The second kappa shape index (κ2) is 9.11. The molecule has 2 aromatic rings. The minimum Gasteiger partial charge on any atom is -0.326 e. The van der Waals surface area contributed by atoms with Gasteiger partial charge in [-0.1, -0.05) is 18.2 Å². The van der Waals surface area contributed by atoms with Gasteiger partial charge in [-0.05, 0) is 52.9 Å². The number of carbonyl (C=O) groups is 2. The lowest BCUT2D eigenvalue weighted by Crippen LogP contribution is -2.20. The van der Waals surface area contributed by atoms with Crippen LogP contribution in [0.15, 0.2) is 53.6 Å². The summed E-state index contributed by atoms with van der Waals surface area (Å²) < 4.78 is 13.8. The Morgan fingerprint density at radius 1 is 1.04 bits per heavy atom. The van der Waals surface area contributed by atoms with Crippen molar-refractivity contribution in [3.63, 3.8) is 0 Å². The molecule has 0 heterocycles. The van der Waals surface area contributed by atoms with Crippen LogP contribution in [0.3, 0.4) is 0 Å². The van der Waals surface area contributed by atoms with Gasteiger partial charge in [0, 0.05) is 27.7 Å². The second-order valence-electron chi connectivity index (χ2n) is 4.87. The zero-order chi connectivity index (χ0) is 17.4. The zero-order valence-electron chi connectivity index (χ0n) is 12.6. The summed E-state index contributed by atoms with van der Waals surface area (Å²) in [5.41, 5.74) is 3.76. The molecule has 2 rings (SSSR count). The Morgan fingerprint density at radius 2 is 1.71 bits per heavy atom. The summed E-state index contributed by atoms with van der Waals surface area (Å²) in [5, 5.41) is 6.46. The number of halogens is 2. The van der Waals surface area contributed by atoms with Crippen LogP contribution in [0.1, 0.15) is 18.4 Å². The van der Waals surface area contributed by atoms with Crippen molar-refractivity contribution in [2.45, 2.75) is 12.8 Å². The third kappa shape index (κ3) is 6.07.